The predicted molar refractivity (Wildman–Crippen MR) is 65.6 cm³/mol. The molecular formula is C14H24O3. The molecular weight excluding hydrogens is 216 g/mol. The Morgan fingerprint density at radius 3 is 2.65 bits per heavy atom. The third-order valence-corrected chi connectivity index (χ3v) is 5.12. The Balaban J connectivity index is 2.18. The molecule has 2 saturated carbocycles. The van der Waals surface area contributed by atoms with Crippen molar-refractivity contribution in [2.75, 3.05) is 13.9 Å². The Labute approximate surface area is 104 Å². The lowest BCUT2D eigenvalue weighted by Crippen LogP contribution is -2.48. The molecule has 0 radical (unpaired) electrons. The van der Waals surface area contributed by atoms with Gasteiger partial charge < -0.3 is 9.47 Å². The molecule has 2 aliphatic rings. The molecule has 0 aromatic heterocycles. The first-order valence-electron chi connectivity index (χ1n) is 6.57. The lowest BCUT2D eigenvalue weighted by molar-refractivity contribution is -0.151. The Kier molecular flexibility index (Phi) is 3.34. The summed E-state index contributed by atoms with van der Waals surface area (Å²) in [6.07, 6.45) is 4.08. The average Bonchev–Trinajstić information content (AvgIpc) is 2.61. The number of rotatable bonds is 3. The fourth-order valence-electron chi connectivity index (χ4n) is 4.05. The van der Waals surface area contributed by atoms with Crippen LogP contribution in [0.4, 0.5) is 0 Å². The van der Waals surface area contributed by atoms with Gasteiger partial charge in [-0.2, -0.15) is 0 Å². The highest BCUT2D eigenvalue weighted by Crippen LogP contribution is 2.58. The number of Topliss-reactive ketones (excluding diaryl/α,β-unsaturated/α-hetero) is 1. The summed E-state index contributed by atoms with van der Waals surface area (Å²) in [5.74, 6) is 0.880. The van der Waals surface area contributed by atoms with Crippen LogP contribution in [0.2, 0.25) is 0 Å². The van der Waals surface area contributed by atoms with Crippen molar-refractivity contribution >= 4 is 5.78 Å². The van der Waals surface area contributed by atoms with E-state index in [0.29, 0.717) is 24.9 Å². The molecule has 2 fully saturated rings. The van der Waals surface area contributed by atoms with Gasteiger partial charge >= 0.3 is 0 Å². The molecule has 3 nitrogen and oxygen atoms in total. The molecule has 0 amide bonds. The van der Waals surface area contributed by atoms with Crippen LogP contribution in [0, 0.1) is 16.7 Å². The number of carbonyl (C=O) groups is 1. The molecule has 0 unspecified atom stereocenters. The van der Waals surface area contributed by atoms with Crippen molar-refractivity contribution in [1.29, 1.82) is 0 Å². The van der Waals surface area contributed by atoms with Gasteiger partial charge in [0.2, 0.25) is 0 Å². The summed E-state index contributed by atoms with van der Waals surface area (Å²) in [7, 11) is 1.66. The van der Waals surface area contributed by atoms with E-state index < -0.39 is 0 Å². The fraction of sp³-hybridized carbons (Fsp3) is 0.929. The van der Waals surface area contributed by atoms with Crippen molar-refractivity contribution in [3.63, 3.8) is 0 Å². The predicted octanol–water partition coefficient (Wildman–Crippen LogP) is 2.78. The summed E-state index contributed by atoms with van der Waals surface area (Å²) in [6.45, 7) is 6.87. The second-order valence-corrected chi connectivity index (χ2v) is 6.34. The summed E-state index contributed by atoms with van der Waals surface area (Å²) in [5, 5.41) is 0. The first kappa shape index (κ1) is 13.0. The van der Waals surface area contributed by atoms with Gasteiger partial charge in [-0.1, -0.05) is 20.8 Å². The molecule has 0 aliphatic heterocycles. The molecule has 0 aromatic rings. The quantitative estimate of drug-likeness (QED) is 0.712. The van der Waals surface area contributed by atoms with Crippen LogP contribution in [0.25, 0.3) is 0 Å². The zero-order valence-corrected chi connectivity index (χ0v) is 11.4. The second kappa shape index (κ2) is 4.36. The van der Waals surface area contributed by atoms with Crippen molar-refractivity contribution in [2.24, 2.45) is 16.7 Å². The minimum atomic E-state index is -0.182. The molecule has 0 saturated heterocycles. The SMILES string of the molecule is COCO[C@H]1CC[C@@H]2C(C)(C)C(=O)CC[C@]12C. The van der Waals surface area contributed by atoms with Crippen LogP contribution in [0.3, 0.4) is 0 Å². The second-order valence-electron chi connectivity index (χ2n) is 6.34. The lowest BCUT2D eigenvalue weighted by atomic mass is 9.57. The standard InChI is InChI=1S/C14H24O3/c1-13(2)10-5-6-12(17-9-16-4)14(10,3)8-7-11(13)15/h10,12H,5-9H2,1-4H3/t10-,12+,14+/m1/s1. The summed E-state index contributed by atoms with van der Waals surface area (Å²) >= 11 is 0. The van der Waals surface area contributed by atoms with Crippen molar-refractivity contribution in [3.8, 4) is 0 Å². The molecule has 17 heavy (non-hydrogen) atoms. The number of methoxy groups -OCH3 is 1. The van der Waals surface area contributed by atoms with Crippen LogP contribution < -0.4 is 0 Å². The van der Waals surface area contributed by atoms with Gasteiger partial charge in [-0.05, 0) is 30.6 Å². The molecule has 2 rings (SSSR count). The molecule has 98 valence electrons. The summed E-state index contributed by atoms with van der Waals surface area (Å²) in [5.41, 5.74) is -0.0336. The van der Waals surface area contributed by atoms with Crippen molar-refractivity contribution in [3.05, 3.63) is 0 Å². The normalized spacial score (nSPS) is 40.4. The van der Waals surface area contributed by atoms with E-state index in [1.165, 1.54) is 0 Å². The van der Waals surface area contributed by atoms with Crippen LogP contribution in [-0.4, -0.2) is 25.8 Å². The molecule has 0 aromatic carbocycles. The maximum atomic E-state index is 12.1. The van der Waals surface area contributed by atoms with Crippen LogP contribution in [0.1, 0.15) is 46.5 Å². The highest BCUT2D eigenvalue weighted by molar-refractivity contribution is 5.85. The summed E-state index contributed by atoms with van der Waals surface area (Å²) < 4.78 is 10.8. The number of ketones is 1. The number of carbonyl (C=O) groups excluding carboxylic acids is 1. The smallest absolute Gasteiger partial charge is 0.146 e. The van der Waals surface area contributed by atoms with Crippen LogP contribution in [0.15, 0.2) is 0 Å². The van der Waals surface area contributed by atoms with Crippen molar-refractivity contribution in [1.82, 2.24) is 0 Å². The first-order valence-corrected chi connectivity index (χ1v) is 6.57. The van der Waals surface area contributed by atoms with E-state index in [1.54, 1.807) is 7.11 Å². The van der Waals surface area contributed by atoms with E-state index in [2.05, 4.69) is 20.8 Å². The molecule has 0 bridgehead atoms. The van der Waals surface area contributed by atoms with Crippen molar-refractivity contribution < 1.29 is 14.3 Å². The van der Waals surface area contributed by atoms with Crippen LogP contribution >= 0.6 is 0 Å². The van der Waals surface area contributed by atoms with Gasteiger partial charge in [0.1, 0.15) is 12.6 Å². The topological polar surface area (TPSA) is 35.5 Å². The third-order valence-electron chi connectivity index (χ3n) is 5.12. The van der Waals surface area contributed by atoms with E-state index in [1.807, 2.05) is 0 Å². The summed E-state index contributed by atoms with van der Waals surface area (Å²) in [4.78, 5) is 12.1. The van der Waals surface area contributed by atoms with E-state index in [-0.39, 0.29) is 16.9 Å². The Morgan fingerprint density at radius 2 is 2.00 bits per heavy atom. The fourth-order valence-corrected chi connectivity index (χ4v) is 4.05. The zero-order chi connectivity index (χ0) is 12.7. The van der Waals surface area contributed by atoms with Gasteiger partial charge in [-0.15, -0.1) is 0 Å². The van der Waals surface area contributed by atoms with Gasteiger partial charge in [0.05, 0.1) is 6.10 Å². The van der Waals surface area contributed by atoms with E-state index in [4.69, 9.17) is 9.47 Å². The Morgan fingerprint density at radius 1 is 1.29 bits per heavy atom. The van der Waals surface area contributed by atoms with E-state index in [0.717, 1.165) is 19.3 Å². The highest BCUT2D eigenvalue weighted by atomic mass is 16.7. The lowest BCUT2D eigenvalue weighted by Gasteiger charge is -2.48. The maximum absolute atomic E-state index is 12.1. The van der Waals surface area contributed by atoms with Gasteiger partial charge in [0.15, 0.2) is 0 Å². The van der Waals surface area contributed by atoms with Gasteiger partial charge in [0.25, 0.3) is 0 Å². The average molecular weight is 240 g/mol. The Bertz CT molecular complexity index is 311. The minimum Gasteiger partial charge on any atom is -0.359 e. The minimum absolute atomic E-state index is 0.149. The molecule has 0 N–H and O–H groups in total. The molecule has 3 atom stereocenters. The van der Waals surface area contributed by atoms with Crippen LogP contribution in [-0.2, 0) is 14.3 Å². The Hall–Kier alpha value is -0.410. The monoisotopic (exact) mass is 240 g/mol. The largest absolute Gasteiger partial charge is 0.359 e. The van der Waals surface area contributed by atoms with E-state index in [9.17, 15) is 4.79 Å². The molecule has 3 heteroatoms. The van der Waals surface area contributed by atoms with Gasteiger partial charge in [-0.25, -0.2) is 0 Å². The number of ether oxygens (including phenoxy) is 2. The number of hydrogen-bond acceptors (Lipinski definition) is 3. The van der Waals surface area contributed by atoms with Crippen LogP contribution in [0.5, 0.6) is 0 Å². The maximum Gasteiger partial charge on any atom is 0.146 e. The number of fused-ring (bicyclic) bond motifs is 1. The zero-order valence-electron chi connectivity index (χ0n) is 11.4. The molecule has 0 heterocycles. The molecule has 0 spiro atoms. The highest BCUT2D eigenvalue weighted by Gasteiger charge is 2.57. The number of hydrogen-bond donors (Lipinski definition) is 0. The van der Waals surface area contributed by atoms with Gasteiger partial charge in [-0.3, -0.25) is 4.79 Å². The van der Waals surface area contributed by atoms with Crippen molar-refractivity contribution in [2.45, 2.75) is 52.6 Å². The molecule has 2 aliphatic carbocycles. The first-order chi connectivity index (χ1) is 7.93. The summed E-state index contributed by atoms with van der Waals surface area (Å²) in [6, 6.07) is 0. The third kappa shape index (κ3) is 1.93. The van der Waals surface area contributed by atoms with Gasteiger partial charge in [0, 0.05) is 18.9 Å². The van der Waals surface area contributed by atoms with E-state index >= 15 is 0 Å².